The number of nitrogens with one attached hydrogen (secondary N) is 2. The number of amides is 2. The lowest BCUT2D eigenvalue weighted by Gasteiger charge is -2.20. The monoisotopic (exact) mass is 428 g/mol. The quantitative estimate of drug-likeness (QED) is 0.347. The van der Waals surface area contributed by atoms with E-state index in [9.17, 15) is 4.79 Å². The molecule has 2 aromatic rings. The number of carbonyl (C=O) groups excluding carboxylic acids is 1. The molecule has 0 saturated carbocycles. The lowest BCUT2D eigenvalue weighted by molar-refractivity contribution is 0.261. The van der Waals surface area contributed by atoms with Gasteiger partial charge in [-0.25, -0.2) is 9.48 Å². The summed E-state index contributed by atoms with van der Waals surface area (Å²) in [7, 11) is 0. The molecule has 7 nitrogen and oxygen atoms in total. The molecule has 0 aliphatic heterocycles. The Labute approximate surface area is 187 Å². The molecule has 0 saturated heterocycles. The van der Waals surface area contributed by atoms with E-state index >= 15 is 0 Å². The van der Waals surface area contributed by atoms with Crippen molar-refractivity contribution in [3.8, 4) is 0 Å². The van der Waals surface area contributed by atoms with Gasteiger partial charge in [0.05, 0.1) is 0 Å². The zero-order valence-corrected chi connectivity index (χ0v) is 19.9. The molecule has 0 bridgehead atoms. The molecular formula is C24H40N6O. The SMILES string of the molecule is CCCCCCCCCCn1nnnc1NC(=O)Nc1c(C(C)C)cccc1C(C)C. The molecule has 172 valence electrons. The maximum Gasteiger partial charge on any atom is 0.326 e. The van der Waals surface area contributed by atoms with E-state index in [2.05, 4.69) is 79.0 Å². The van der Waals surface area contributed by atoms with E-state index in [4.69, 9.17) is 0 Å². The predicted octanol–water partition coefficient (Wildman–Crippen LogP) is 6.70. The third-order valence-corrected chi connectivity index (χ3v) is 5.59. The van der Waals surface area contributed by atoms with Gasteiger partial charge in [0.1, 0.15) is 0 Å². The number of urea groups is 1. The lowest BCUT2D eigenvalue weighted by atomic mass is 9.93. The number of unbranched alkanes of at least 4 members (excludes halogenated alkanes) is 7. The van der Waals surface area contributed by atoms with Gasteiger partial charge in [-0.1, -0.05) is 103 Å². The lowest BCUT2D eigenvalue weighted by Crippen LogP contribution is -2.24. The number of rotatable bonds is 13. The van der Waals surface area contributed by atoms with Crippen molar-refractivity contribution >= 4 is 17.7 Å². The fourth-order valence-corrected chi connectivity index (χ4v) is 3.78. The summed E-state index contributed by atoms with van der Waals surface area (Å²) in [5.74, 6) is 0.996. The van der Waals surface area contributed by atoms with E-state index in [-0.39, 0.29) is 6.03 Å². The van der Waals surface area contributed by atoms with Crippen LogP contribution in [0.4, 0.5) is 16.4 Å². The number of nitrogens with zero attached hydrogens (tertiary/aromatic N) is 4. The molecule has 0 radical (unpaired) electrons. The van der Waals surface area contributed by atoms with Gasteiger partial charge in [0.2, 0.25) is 0 Å². The topological polar surface area (TPSA) is 84.7 Å². The number of hydrogen-bond acceptors (Lipinski definition) is 4. The molecule has 1 aromatic heterocycles. The first kappa shape index (κ1) is 24.8. The number of aryl methyl sites for hydroxylation is 1. The summed E-state index contributed by atoms with van der Waals surface area (Å²) in [6.45, 7) is 11.5. The van der Waals surface area contributed by atoms with Gasteiger partial charge >= 0.3 is 6.03 Å². The van der Waals surface area contributed by atoms with Crippen molar-refractivity contribution in [2.45, 2.75) is 104 Å². The molecule has 0 atom stereocenters. The molecule has 0 spiro atoms. The summed E-state index contributed by atoms with van der Waals surface area (Å²) >= 11 is 0. The van der Waals surface area contributed by atoms with Crippen molar-refractivity contribution in [1.82, 2.24) is 20.2 Å². The Balaban J connectivity index is 1.90. The number of aromatic nitrogens is 4. The van der Waals surface area contributed by atoms with Gasteiger partial charge in [0.25, 0.3) is 5.95 Å². The van der Waals surface area contributed by atoms with E-state index in [0.29, 0.717) is 24.3 Å². The summed E-state index contributed by atoms with van der Waals surface area (Å²) in [4.78, 5) is 12.8. The second-order valence-corrected chi connectivity index (χ2v) is 8.90. The third kappa shape index (κ3) is 7.96. The summed E-state index contributed by atoms with van der Waals surface area (Å²) in [6.07, 6.45) is 9.95. The van der Waals surface area contributed by atoms with Crippen LogP contribution in [0.15, 0.2) is 18.2 Å². The fourth-order valence-electron chi connectivity index (χ4n) is 3.78. The number of hydrogen-bond donors (Lipinski definition) is 2. The Hall–Kier alpha value is -2.44. The Morgan fingerprint density at radius 2 is 1.48 bits per heavy atom. The normalized spacial score (nSPS) is 11.3. The molecule has 7 heteroatoms. The van der Waals surface area contributed by atoms with E-state index < -0.39 is 0 Å². The van der Waals surface area contributed by atoms with Crippen LogP contribution < -0.4 is 10.6 Å². The molecule has 2 N–H and O–H groups in total. The van der Waals surface area contributed by atoms with Gasteiger partial charge in [-0.3, -0.25) is 5.32 Å². The molecule has 1 aromatic carbocycles. The zero-order chi connectivity index (χ0) is 22.6. The minimum absolute atomic E-state index is 0.307. The summed E-state index contributed by atoms with van der Waals surface area (Å²) in [6, 6.07) is 5.87. The van der Waals surface area contributed by atoms with Crippen LogP contribution in [0.1, 0.15) is 109 Å². The van der Waals surface area contributed by atoms with Crippen molar-refractivity contribution in [3.63, 3.8) is 0 Å². The van der Waals surface area contributed by atoms with Crippen LogP contribution in [0.3, 0.4) is 0 Å². The minimum atomic E-state index is -0.318. The van der Waals surface area contributed by atoms with E-state index in [1.165, 1.54) is 38.5 Å². The average Bonchev–Trinajstić information content (AvgIpc) is 3.16. The first-order valence-electron chi connectivity index (χ1n) is 11.9. The number of carbonyl (C=O) groups is 1. The van der Waals surface area contributed by atoms with Crippen LogP contribution >= 0.6 is 0 Å². The highest BCUT2D eigenvalue weighted by Gasteiger charge is 2.17. The van der Waals surface area contributed by atoms with Crippen molar-refractivity contribution in [2.75, 3.05) is 10.6 Å². The Morgan fingerprint density at radius 1 is 0.903 bits per heavy atom. The summed E-state index contributed by atoms with van der Waals surface area (Å²) in [5.41, 5.74) is 3.13. The first-order chi connectivity index (χ1) is 14.9. The molecule has 31 heavy (non-hydrogen) atoms. The van der Waals surface area contributed by atoms with Crippen LogP contribution in [0, 0.1) is 0 Å². The maximum atomic E-state index is 12.8. The maximum absolute atomic E-state index is 12.8. The van der Waals surface area contributed by atoms with E-state index in [0.717, 1.165) is 29.7 Å². The molecule has 0 aliphatic rings. The van der Waals surface area contributed by atoms with Crippen LogP contribution in [0.5, 0.6) is 0 Å². The second-order valence-electron chi connectivity index (χ2n) is 8.90. The molecule has 2 rings (SSSR count). The Bertz CT molecular complexity index is 773. The average molecular weight is 429 g/mol. The molecule has 2 amide bonds. The van der Waals surface area contributed by atoms with Crippen molar-refractivity contribution in [2.24, 2.45) is 0 Å². The zero-order valence-electron chi connectivity index (χ0n) is 19.9. The smallest absolute Gasteiger partial charge is 0.307 e. The molecule has 0 aliphatic carbocycles. The molecule has 0 fully saturated rings. The standard InChI is InChI=1S/C24H40N6O/c1-6-7-8-9-10-11-12-13-17-30-23(27-28-29-30)26-24(31)25-22-20(18(2)3)15-14-16-21(22)19(4)5/h14-16,18-19H,6-13,17H2,1-5H3,(H2,25,26,27,29,31). The third-order valence-electron chi connectivity index (χ3n) is 5.59. The Morgan fingerprint density at radius 3 is 2.06 bits per heavy atom. The van der Waals surface area contributed by atoms with Crippen LogP contribution in [0.2, 0.25) is 0 Å². The van der Waals surface area contributed by atoms with Gasteiger partial charge in [-0.05, 0) is 39.8 Å². The highest BCUT2D eigenvalue weighted by Crippen LogP contribution is 2.32. The Kier molecular flexibility index (Phi) is 10.5. The van der Waals surface area contributed by atoms with E-state index in [1.54, 1.807) is 4.68 Å². The first-order valence-corrected chi connectivity index (χ1v) is 11.9. The van der Waals surface area contributed by atoms with Crippen molar-refractivity contribution in [1.29, 1.82) is 0 Å². The highest BCUT2D eigenvalue weighted by molar-refractivity contribution is 5.99. The van der Waals surface area contributed by atoms with Gasteiger partial charge in [0, 0.05) is 12.2 Å². The van der Waals surface area contributed by atoms with Crippen LogP contribution in [-0.2, 0) is 6.54 Å². The predicted molar refractivity (Wildman–Crippen MR) is 128 cm³/mol. The summed E-state index contributed by atoms with van der Waals surface area (Å²) < 4.78 is 1.67. The van der Waals surface area contributed by atoms with E-state index in [1.807, 2.05) is 0 Å². The van der Waals surface area contributed by atoms with Gasteiger partial charge in [0.15, 0.2) is 0 Å². The van der Waals surface area contributed by atoms with Gasteiger partial charge < -0.3 is 5.32 Å². The van der Waals surface area contributed by atoms with Crippen molar-refractivity contribution < 1.29 is 4.79 Å². The fraction of sp³-hybridized carbons (Fsp3) is 0.667. The number of para-hydroxylation sites is 1. The molecule has 0 unspecified atom stereocenters. The minimum Gasteiger partial charge on any atom is -0.307 e. The van der Waals surface area contributed by atoms with Gasteiger partial charge in [-0.15, -0.1) is 0 Å². The number of anilines is 2. The second kappa shape index (κ2) is 13.1. The van der Waals surface area contributed by atoms with Crippen molar-refractivity contribution in [3.05, 3.63) is 29.3 Å². The number of benzene rings is 1. The number of tetrazole rings is 1. The van der Waals surface area contributed by atoms with Crippen LogP contribution in [0.25, 0.3) is 0 Å². The largest absolute Gasteiger partial charge is 0.326 e. The summed E-state index contributed by atoms with van der Waals surface area (Å²) in [5, 5.41) is 17.6. The van der Waals surface area contributed by atoms with Gasteiger partial charge in [-0.2, -0.15) is 0 Å². The molecule has 1 heterocycles. The highest BCUT2D eigenvalue weighted by atomic mass is 16.2. The molecular weight excluding hydrogens is 388 g/mol. The van der Waals surface area contributed by atoms with Crippen LogP contribution in [-0.4, -0.2) is 26.2 Å².